The van der Waals surface area contributed by atoms with Gasteiger partial charge in [0, 0.05) is 32.9 Å². The Kier molecular flexibility index (Phi) is 4.69. The number of hydrogen-bond acceptors (Lipinski definition) is 7. The van der Waals surface area contributed by atoms with Gasteiger partial charge in [-0.1, -0.05) is 11.3 Å². The Morgan fingerprint density at radius 2 is 1.95 bits per heavy atom. The van der Waals surface area contributed by atoms with Crippen LogP contribution in [0.15, 0.2) is 4.34 Å². The van der Waals surface area contributed by atoms with Gasteiger partial charge in [0.05, 0.1) is 0 Å². The van der Waals surface area contributed by atoms with Crippen LogP contribution in [0.25, 0.3) is 0 Å². The van der Waals surface area contributed by atoms with E-state index in [2.05, 4.69) is 15.5 Å². The maximum absolute atomic E-state index is 12.4. The molecular weight excluding hydrogens is 316 g/mol. The first-order valence-corrected chi connectivity index (χ1v) is 8.67. The van der Waals surface area contributed by atoms with Gasteiger partial charge in [-0.05, 0) is 12.8 Å². The Morgan fingerprint density at radius 1 is 1.33 bits per heavy atom. The first kappa shape index (κ1) is 16.0. The molecule has 1 aromatic heterocycles. The predicted molar refractivity (Wildman–Crippen MR) is 76.4 cm³/mol. The van der Waals surface area contributed by atoms with E-state index in [9.17, 15) is 18.0 Å². The van der Waals surface area contributed by atoms with Crippen LogP contribution in [-0.4, -0.2) is 47.7 Å². The predicted octanol–water partition coefficient (Wildman–Crippen LogP) is 0.629. The number of nitrogens with zero attached hydrogens (tertiary/aromatic N) is 3. The van der Waals surface area contributed by atoms with Crippen LogP contribution in [0, 0.1) is 0 Å². The Balaban J connectivity index is 2.15. The van der Waals surface area contributed by atoms with Crippen molar-refractivity contribution in [1.82, 2.24) is 14.5 Å². The van der Waals surface area contributed by atoms with E-state index >= 15 is 0 Å². The minimum absolute atomic E-state index is 0.147. The van der Waals surface area contributed by atoms with Crippen molar-refractivity contribution in [3.05, 3.63) is 0 Å². The molecule has 0 aromatic carbocycles. The van der Waals surface area contributed by atoms with Gasteiger partial charge in [-0.15, -0.1) is 10.2 Å². The van der Waals surface area contributed by atoms with Crippen molar-refractivity contribution >= 4 is 38.2 Å². The summed E-state index contributed by atoms with van der Waals surface area (Å²) in [6, 6.07) is -0.208. The Morgan fingerprint density at radius 3 is 2.52 bits per heavy atom. The van der Waals surface area contributed by atoms with Gasteiger partial charge in [0.2, 0.25) is 15.4 Å². The fourth-order valence-corrected chi connectivity index (χ4v) is 4.65. The molecule has 0 bridgehead atoms. The molecule has 8 nitrogen and oxygen atoms in total. The van der Waals surface area contributed by atoms with Crippen molar-refractivity contribution in [2.24, 2.45) is 0 Å². The SMILES string of the molecule is CC(=O)Nc1nnc(S(=O)(=O)N(C)C2CCC(=O)CC2)s1. The van der Waals surface area contributed by atoms with Gasteiger partial charge < -0.3 is 5.32 Å². The number of amides is 1. The molecule has 116 valence electrons. The number of nitrogens with one attached hydrogen (secondary N) is 1. The fourth-order valence-electron chi connectivity index (χ4n) is 2.12. The summed E-state index contributed by atoms with van der Waals surface area (Å²) < 4.78 is 26.0. The van der Waals surface area contributed by atoms with Crippen LogP contribution in [0.3, 0.4) is 0 Å². The maximum Gasteiger partial charge on any atom is 0.272 e. The number of rotatable bonds is 4. The molecule has 1 heterocycles. The summed E-state index contributed by atoms with van der Waals surface area (Å²) in [5.41, 5.74) is 0. The summed E-state index contributed by atoms with van der Waals surface area (Å²) in [4.78, 5) is 22.1. The average Bonchev–Trinajstić information content (AvgIpc) is 2.87. The number of ketones is 1. The molecule has 2 rings (SSSR count). The molecule has 21 heavy (non-hydrogen) atoms. The van der Waals surface area contributed by atoms with Crippen molar-refractivity contribution in [3.63, 3.8) is 0 Å². The molecule has 1 aromatic rings. The Bertz CT molecular complexity index is 645. The second-order valence-corrected chi connectivity index (χ2v) is 7.99. The van der Waals surface area contributed by atoms with E-state index in [-0.39, 0.29) is 27.2 Å². The van der Waals surface area contributed by atoms with Crippen LogP contribution in [0.1, 0.15) is 32.6 Å². The lowest BCUT2D eigenvalue weighted by molar-refractivity contribution is -0.121. The molecule has 0 radical (unpaired) electrons. The molecule has 0 atom stereocenters. The molecular formula is C11H16N4O4S2. The van der Waals surface area contributed by atoms with Gasteiger partial charge in [0.15, 0.2) is 0 Å². The van der Waals surface area contributed by atoms with Gasteiger partial charge in [-0.25, -0.2) is 8.42 Å². The van der Waals surface area contributed by atoms with Crippen molar-refractivity contribution in [3.8, 4) is 0 Å². The zero-order valence-corrected chi connectivity index (χ0v) is 13.3. The zero-order chi connectivity index (χ0) is 15.6. The molecule has 1 saturated carbocycles. The van der Waals surface area contributed by atoms with E-state index in [0.717, 1.165) is 11.3 Å². The largest absolute Gasteiger partial charge is 0.301 e. The number of Topliss-reactive ketones (excluding diaryl/α,β-unsaturated/α-hetero) is 1. The Hall–Kier alpha value is -1.39. The van der Waals surface area contributed by atoms with E-state index in [1.165, 1.54) is 18.3 Å². The van der Waals surface area contributed by atoms with Crippen LogP contribution in [-0.2, 0) is 19.6 Å². The van der Waals surface area contributed by atoms with Gasteiger partial charge in [-0.3, -0.25) is 9.59 Å². The standard InChI is InChI=1S/C11H16N4O4S2/c1-7(16)12-10-13-14-11(20-10)21(18,19)15(2)8-3-5-9(17)6-4-8/h8H,3-6H2,1-2H3,(H,12,13,16). The second kappa shape index (κ2) is 6.16. The topological polar surface area (TPSA) is 109 Å². The molecule has 10 heteroatoms. The van der Waals surface area contributed by atoms with E-state index in [1.807, 2.05) is 0 Å². The third-order valence-corrected chi connectivity index (χ3v) is 6.41. The van der Waals surface area contributed by atoms with Gasteiger partial charge in [0.1, 0.15) is 5.78 Å². The van der Waals surface area contributed by atoms with E-state index in [0.29, 0.717) is 25.7 Å². The monoisotopic (exact) mass is 332 g/mol. The summed E-state index contributed by atoms with van der Waals surface area (Å²) in [6.07, 6.45) is 1.84. The first-order valence-electron chi connectivity index (χ1n) is 6.41. The molecule has 1 amide bonds. The lowest BCUT2D eigenvalue weighted by Crippen LogP contribution is -2.39. The number of carbonyl (C=O) groups is 2. The smallest absolute Gasteiger partial charge is 0.272 e. The summed E-state index contributed by atoms with van der Waals surface area (Å²) in [6.45, 7) is 1.31. The first-order chi connectivity index (χ1) is 9.80. The van der Waals surface area contributed by atoms with Gasteiger partial charge in [-0.2, -0.15) is 4.31 Å². The van der Waals surface area contributed by atoms with Crippen LogP contribution < -0.4 is 5.32 Å². The highest BCUT2D eigenvalue weighted by atomic mass is 32.2. The van der Waals surface area contributed by atoms with Gasteiger partial charge in [0.25, 0.3) is 10.0 Å². The summed E-state index contributed by atoms with van der Waals surface area (Å²) >= 11 is 0.810. The highest BCUT2D eigenvalue weighted by molar-refractivity contribution is 7.91. The number of carbonyl (C=O) groups excluding carboxylic acids is 2. The molecule has 1 N–H and O–H groups in total. The molecule has 1 aliphatic carbocycles. The number of aromatic nitrogens is 2. The van der Waals surface area contributed by atoms with Crippen LogP contribution >= 0.6 is 11.3 Å². The maximum atomic E-state index is 12.4. The quantitative estimate of drug-likeness (QED) is 0.810. The number of sulfonamides is 1. The zero-order valence-electron chi connectivity index (χ0n) is 11.7. The second-order valence-electron chi connectivity index (χ2n) is 4.85. The molecule has 0 saturated heterocycles. The lowest BCUT2D eigenvalue weighted by Gasteiger charge is -2.28. The summed E-state index contributed by atoms with van der Waals surface area (Å²) in [5, 5.41) is 9.81. The third-order valence-electron chi connectivity index (χ3n) is 3.32. The van der Waals surface area contributed by atoms with E-state index < -0.39 is 10.0 Å². The summed E-state index contributed by atoms with van der Waals surface area (Å²) in [5.74, 6) is -0.171. The molecule has 1 fully saturated rings. The van der Waals surface area contributed by atoms with Crippen molar-refractivity contribution in [1.29, 1.82) is 0 Å². The minimum atomic E-state index is -3.76. The summed E-state index contributed by atoms with van der Waals surface area (Å²) in [7, 11) is -2.27. The van der Waals surface area contributed by atoms with E-state index in [4.69, 9.17) is 0 Å². The van der Waals surface area contributed by atoms with Crippen LogP contribution in [0.4, 0.5) is 5.13 Å². The third kappa shape index (κ3) is 3.63. The van der Waals surface area contributed by atoms with Crippen LogP contribution in [0.2, 0.25) is 0 Å². The molecule has 0 unspecified atom stereocenters. The molecule has 0 aliphatic heterocycles. The van der Waals surface area contributed by atoms with Crippen molar-refractivity contribution in [2.75, 3.05) is 12.4 Å². The highest BCUT2D eigenvalue weighted by Crippen LogP contribution is 2.27. The normalized spacial score (nSPS) is 17.2. The average molecular weight is 332 g/mol. The highest BCUT2D eigenvalue weighted by Gasteiger charge is 2.33. The van der Waals surface area contributed by atoms with Crippen LogP contribution in [0.5, 0.6) is 0 Å². The fraction of sp³-hybridized carbons (Fsp3) is 0.636. The van der Waals surface area contributed by atoms with Gasteiger partial charge >= 0.3 is 0 Å². The lowest BCUT2D eigenvalue weighted by atomic mass is 9.95. The Labute approximate surface area is 126 Å². The number of anilines is 1. The van der Waals surface area contributed by atoms with E-state index in [1.54, 1.807) is 0 Å². The van der Waals surface area contributed by atoms with Crippen molar-refractivity contribution < 1.29 is 18.0 Å². The molecule has 0 spiro atoms. The minimum Gasteiger partial charge on any atom is -0.301 e. The number of hydrogen-bond donors (Lipinski definition) is 1. The molecule has 1 aliphatic rings. The van der Waals surface area contributed by atoms with Crippen molar-refractivity contribution in [2.45, 2.75) is 43.0 Å².